The van der Waals surface area contributed by atoms with Crippen LogP contribution in [-0.2, 0) is 14.3 Å². The first kappa shape index (κ1) is 18.6. The highest BCUT2D eigenvalue weighted by Gasteiger charge is 2.30. The molecule has 4 rings (SSSR count). The van der Waals surface area contributed by atoms with Crippen LogP contribution in [0.2, 0.25) is 0 Å². The van der Waals surface area contributed by atoms with Gasteiger partial charge >= 0.3 is 0 Å². The van der Waals surface area contributed by atoms with Crippen LogP contribution in [0.3, 0.4) is 0 Å². The van der Waals surface area contributed by atoms with Crippen LogP contribution in [0.25, 0.3) is 10.9 Å². The van der Waals surface area contributed by atoms with Gasteiger partial charge in [-0.2, -0.15) is 5.10 Å². The summed E-state index contributed by atoms with van der Waals surface area (Å²) in [4.78, 5) is 27.9. The van der Waals surface area contributed by atoms with Crippen molar-refractivity contribution in [3.8, 4) is 11.8 Å². The molecule has 2 fully saturated rings. The molecule has 2 N–H and O–H groups in total. The Balaban J connectivity index is 1.56. The molecule has 0 spiro atoms. The van der Waals surface area contributed by atoms with Gasteiger partial charge in [-0.3, -0.25) is 24.6 Å². The van der Waals surface area contributed by atoms with E-state index in [9.17, 15) is 9.59 Å². The summed E-state index contributed by atoms with van der Waals surface area (Å²) >= 11 is 0. The van der Waals surface area contributed by atoms with Crippen LogP contribution in [0.1, 0.15) is 43.0 Å². The van der Waals surface area contributed by atoms with Gasteiger partial charge in [0.1, 0.15) is 12.6 Å². The van der Waals surface area contributed by atoms with Gasteiger partial charge in [0, 0.05) is 18.0 Å². The molecule has 0 radical (unpaired) electrons. The van der Waals surface area contributed by atoms with Crippen molar-refractivity contribution in [2.45, 2.75) is 44.8 Å². The van der Waals surface area contributed by atoms with Gasteiger partial charge in [-0.15, -0.1) is 0 Å². The summed E-state index contributed by atoms with van der Waals surface area (Å²) in [6.45, 7) is 4.24. The molecule has 1 atom stereocenters. The normalized spacial score (nSPS) is 20.7. The highest BCUT2D eigenvalue weighted by Crippen LogP contribution is 2.27. The number of nitrogens with one attached hydrogen (secondary N) is 2. The standard InChI is InChI=1S/C20H23N5O3/c1-13-19-14(3-2-10-28-15-6-8-21-9-7-15)11-22-12-17(19)25(24-13)16-4-5-18(26)23-20(16)27/h11-12,15-16,21H,4-10H2,1H3,(H,23,26,27). The number of amides is 2. The van der Waals surface area contributed by atoms with Gasteiger partial charge in [0.25, 0.3) is 5.91 Å². The predicted octanol–water partition coefficient (Wildman–Crippen LogP) is 0.838. The number of pyridine rings is 1. The average Bonchev–Trinajstić information content (AvgIpc) is 3.03. The van der Waals surface area contributed by atoms with Gasteiger partial charge in [-0.1, -0.05) is 11.8 Å². The van der Waals surface area contributed by atoms with Gasteiger partial charge < -0.3 is 10.1 Å². The Morgan fingerprint density at radius 2 is 2.07 bits per heavy atom. The molecule has 28 heavy (non-hydrogen) atoms. The molecule has 2 aliphatic heterocycles. The van der Waals surface area contributed by atoms with Crippen molar-refractivity contribution in [3.05, 3.63) is 23.7 Å². The van der Waals surface area contributed by atoms with E-state index in [-0.39, 0.29) is 17.9 Å². The third-order valence-electron chi connectivity index (χ3n) is 5.20. The third-order valence-corrected chi connectivity index (χ3v) is 5.20. The molecule has 2 aromatic rings. The lowest BCUT2D eigenvalue weighted by atomic mass is 10.1. The Morgan fingerprint density at radius 1 is 1.25 bits per heavy atom. The summed E-state index contributed by atoms with van der Waals surface area (Å²) in [5, 5.41) is 11.1. The zero-order valence-corrected chi connectivity index (χ0v) is 15.8. The first-order valence-electron chi connectivity index (χ1n) is 9.61. The fourth-order valence-electron chi connectivity index (χ4n) is 3.77. The van der Waals surface area contributed by atoms with E-state index in [1.165, 1.54) is 0 Å². The number of rotatable bonds is 3. The van der Waals surface area contributed by atoms with Crippen molar-refractivity contribution in [3.63, 3.8) is 0 Å². The number of imide groups is 1. The van der Waals surface area contributed by atoms with Crippen molar-refractivity contribution < 1.29 is 14.3 Å². The first-order valence-corrected chi connectivity index (χ1v) is 9.61. The number of carbonyl (C=O) groups excluding carboxylic acids is 2. The van der Waals surface area contributed by atoms with Crippen LogP contribution in [0.5, 0.6) is 0 Å². The molecular weight excluding hydrogens is 358 g/mol. The molecule has 0 aromatic carbocycles. The predicted molar refractivity (Wildman–Crippen MR) is 102 cm³/mol. The third kappa shape index (κ3) is 3.77. The number of fused-ring (bicyclic) bond motifs is 1. The van der Waals surface area contributed by atoms with E-state index in [4.69, 9.17) is 4.74 Å². The second-order valence-corrected chi connectivity index (χ2v) is 7.14. The summed E-state index contributed by atoms with van der Waals surface area (Å²) in [5.41, 5.74) is 2.30. The number of aromatic nitrogens is 3. The number of hydrogen-bond donors (Lipinski definition) is 2. The maximum atomic E-state index is 12.2. The fourth-order valence-corrected chi connectivity index (χ4v) is 3.77. The zero-order chi connectivity index (χ0) is 19.5. The molecule has 2 aliphatic rings. The Morgan fingerprint density at radius 3 is 2.86 bits per heavy atom. The fraction of sp³-hybridized carbons (Fsp3) is 0.500. The minimum Gasteiger partial charge on any atom is -0.365 e. The number of nitrogens with zero attached hydrogens (tertiary/aromatic N) is 3. The number of aryl methyl sites for hydroxylation is 1. The highest BCUT2D eigenvalue weighted by molar-refractivity contribution is 6.00. The molecule has 2 aromatic heterocycles. The molecular formula is C20H23N5O3. The number of ether oxygens (including phenoxy) is 1. The van der Waals surface area contributed by atoms with Crippen LogP contribution in [0.15, 0.2) is 12.4 Å². The van der Waals surface area contributed by atoms with E-state index in [0.29, 0.717) is 19.4 Å². The van der Waals surface area contributed by atoms with Gasteiger partial charge in [-0.25, -0.2) is 0 Å². The van der Waals surface area contributed by atoms with E-state index in [0.717, 1.165) is 48.1 Å². The highest BCUT2D eigenvalue weighted by atomic mass is 16.5. The van der Waals surface area contributed by atoms with Gasteiger partial charge in [0.15, 0.2) is 0 Å². The molecule has 2 saturated heterocycles. The monoisotopic (exact) mass is 381 g/mol. The SMILES string of the molecule is Cc1nn(C2CCC(=O)NC2=O)c2cncc(C#CCOC3CCNCC3)c12. The van der Waals surface area contributed by atoms with E-state index >= 15 is 0 Å². The van der Waals surface area contributed by atoms with Gasteiger partial charge in [0.2, 0.25) is 5.91 Å². The maximum absolute atomic E-state index is 12.2. The summed E-state index contributed by atoms with van der Waals surface area (Å²) in [6.07, 6.45) is 6.42. The van der Waals surface area contributed by atoms with Crippen molar-refractivity contribution >= 4 is 22.7 Å². The molecule has 1 unspecified atom stereocenters. The Kier molecular flexibility index (Phi) is 5.37. The molecule has 2 amide bonds. The minimum absolute atomic E-state index is 0.243. The lowest BCUT2D eigenvalue weighted by molar-refractivity contribution is -0.135. The largest absolute Gasteiger partial charge is 0.365 e. The molecule has 0 aliphatic carbocycles. The van der Waals surface area contributed by atoms with Crippen molar-refractivity contribution in [1.29, 1.82) is 0 Å². The van der Waals surface area contributed by atoms with Crippen molar-refractivity contribution in [1.82, 2.24) is 25.4 Å². The van der Waals surface area contributed by atoms with E-state index < -0.39 is 6.04 Å². The lowest BCUT2D eigenvalue weighted by Crippen LogP contribution is -2.42. The minimum atomic E-state index is -0.512. The van der Waals surface area contributed by atoms with Crippen LogP contribution in [-0.4, -0.2) is 52.4 Å². The Hall–Kier alpha value is -2.76. The summed E-state index contributed by atoms with van der Waals surface area (Å²) in [7, 11) is 0. The zero-order valence-electron chi connectivity index (χ0n) is 15.8. The molecule has 8 heteroatoms. The lowest BCUT2D eigenvalue weighted by Gasteiger charge is -2.21. The van der Waals surface area contributed by atoms with Gasteiger partial charge in [-0.05, 0) is 39.3 Å². The van der Waals surface area contributed by atoms with Crippen LogP contribution < -0.4 is 10.6 Å². The summed E-state index contributed by atoms with van der Waals surface area (Å²) < 4.78 is 7.49. The molecule has 146 valence electrons. The second-order valence-electron chi connectivity index (χ2n) is 7.14. The van der Waals surface area contributed by atoms with E-state index in [2.05, 4.69) is 32.6 Å². The molecule has 8 nitrogen and oxygen atoms in total. The van der Waals surface area contributed by atoms with E-state index in [1.54, 1.807) is 17.1 Å². The smallest absolute Gasteiger partial charge is 0.251 e. The van der Waals surface area contributed by atoms with Crippen molar-refractivity contribution in [2.24, 2.45) is 0 Å². The summed E-state index contributed by atoms with van der Waals surface area (Å²) in [5.74, 6) is 5.65. The van der Waals surface area contributed by atoms with Crippen LogP contribution in [0.4, 0.5) is 0 Å². The number of piperidine rings is 2. The Labute approximate surface area is 163 Å². The van der Waals surface area contributed by atoms with Crippen LogP contribution in [0, 0.1) is 18.8 Å². The van der Waals surface area contributed by atoms with E-state index in [1.807, 2.05) is 6.92 Å². The van der Waals surface area contributed by atoms with Gasteiger partial charge in [0.05, 0.1) is 29.1 Å². The summed E-state index contributed by atoms with van der Waals surface area (Å²) in [6, 6.07) is -0.512. The second kappa shape index (κ2) is 8.09. The average molecular weight is 381 g/mol. The first-order chi connectivity index (χ1) is 13.6. The quantitative estimate of drug-likeness (QED) is 0.604. The molecule has 0 bridgehead atoms. The molecule has 4 heterocycles. The topological polar surface area (TPSA) is 98.1 Å². The van der Waals surface area contributed by atoms with Crippen LogP contribution >= 0.6 is 0 Å². The van der Waals surface area contributed by atoms with Crippen molar-refractivity contribution in [2.75, 3.05) is 19.7 Å². The number of hydrogen-bond acceptors (Lipinski definition) is 6. The maximum Gasteiger partial charge on any atom is 0.251 e. The Bertz CT molecular complexity index is 965. The molecule has 0 saturated carbocycles. The number of carbonyl (C=O) groups is 2.